The molecule has 6 unspecified atom stereocenters. The number of benzene rings is 4. The van der Waals surface area contributed by atoms with Crippen molar-refractivity contribution in [3.05, 3.63) is 147 Å². The van der Waals surface area contributed by atoms with Crippen LogP contribution in [0.25, 0.3) is 22.6 Å². The van der Waals surface area contributed by atoms with Crippen molar-refractivity contribution < 1.29 is 41.9 Å². The first-order valence-corrected chi connectivity index (χ1v) is 20.8. The van der Waals surface area contributed by atoms with Gasteiger partial charge in [-0.1, -0.05) is 71.2 Å². The minimum atomic E-state index is -4.76. The van der Waals surface area contributed by atoms with Crippen LogP contribution < -0.4 is 10.3 Å². The Morgan fingerprint density at radius 1 is 0.873 bits per heavy atom. The summed E-state index contributed by atoms with van der Waals surface area (Å²) in [6.45, 7) is 3.43. The van der Waals surface area contributed by atoms with Gasteiger partial charge in [-0.05, 0) is 109 Å². The van der Waals surface area contributed by atoms with Crippen LogP contribution in [0.4, 0.5) is 24.7 Å². The molecule has 0 bridgehead atoms. The monoisotopic (exact) mass is 891 g/mol. The average molecular weight is 893 g/mol. The van der Waals surface area contributed by atoms with Crippen LogP contribution in [0.5, 0.6) is 5.75 Å². The number of oxazole rings is 1. The molecular formula is C47H34Cl2F3N5O6. The number of aromatic nitrogens is 2. The number of aryl methyl sites for hydroxylation is 2. The highest BCUT2D eigenvalue weighted by molar-refractivity contribution is 6.33. The SMILES string of the molecule is Cc1cc(C2C3=CCC4C(=O)N(c5ccc(-c6nc7ccccc7o6)cc5)C(=O)C4C3CC3C(=O)N(Nc4ncc(C(F)(F)F)cc4Cl)C(=O)C32c2ccc(Cl)cc2)cc(C)c1O. The molecule has 2 aromatic heterocycles. The van der Waals surface area contributed by atoms with Crippen molar-refractivity contribution in [2.45, 2.75) is 44.2 Å². The molecule has 2 N–H and O–H groups in total. The van der Waals surface area contributed by atoms with Crippen LogP contribution in [0.1, 0.15) is 46.6 Å². The third-order valence-corrected chi connectivity index (χ3v) is 13.6. The van der Waals surface area contributed by atoms with Crippen LogP contribution >= 0.6 is 23.2 Å². The van der Waals surface area contributed by atoms with Crippen molar-refractivity contribution in [2.24, 2.45) is 23.7 Å². The zero-order valence-corrected chi connectivity index (χ0v) is 34.8. The number of aromatic hydroxyl groups is 1. The summed E-state index contributed by atoms with van der Waals surface area (Å²) in [6.07, 6.45) is -2.22. The smallest absolute Gasteiger partial charge is 0.417 e. The Labute approximate surface area is 367 Å². The molecule has 3 fully saturated rings. The Morgan fingerprint density at radius 2 is 1.57 bits per heavy atom. The lowest BCUT2D eigenvalue weighted by atomic mass is 9.49. The lowest BCUT2D eigenvalue weighted by Gasteiger charge is -2.50. The summed E-state index contributed by atoms with van der Waals surface area (Å²) in [5.41, 5.74) is 4.69. The van der Waals surface area contributed by atoms with Crippen LogP contribution in [0, 0.1) is 37.5 Å². The van der Waals surface area contributed by atoms with E-state index in [1.54, 1.807) is 80.6 Å². The fraction of sp³-hybridized carbons (Fsp3) is 0.234. The molecule has 4 aliphatic rings. The van der Waals surface area contributed by atoms with E-state index in [1.807, 2.05) is 24.3 Å². The molecule has 2 saturated heterocycles. The maximum atomic E-state index is 15.5. The van der Waals surface area contributed by atoms with E-state index in [0.29, 0.717) is 73.4 Å². The van der Waals surface area contributed by atoms with E-state index in [9.17, 15) is 27.9 Å². The number of nitrogens with zero attached hydrogens (tertiary/aromatic N) is 4. The normalized spacial score (nSPS) is 24.4. The Bertz CT molecular complexity index is 2920. The van der Waals surface area contributed by atoms with Crippen LogP contribution in [0.15, 0.2) is 113 Å². The third kappa shape index (κ3) is 6.16. The molecule has 4 aromatic carbocycles. The summed E-state index contributed by atoms with van der Waals surface area (Å²) in [4.78, 5) is 69.4. The number of pyridine rings is 1. The molecule has 0 spiro atoms. The van der Waals surface area contributed by atoms with E-state index in [1.165, 1.54) is 4.90 Å². The number of anilines is 2. The van der Waals surface area contributed by atoms with Crippen LogP contribution in [0.2, 0.25) is 10.0 Å². The summed E-state index contributed by atoms with van der Waals surface area (Å²) in [5.74, 6) is -6.89. The number of phenolic OH excluding ortho intramolecular Hbond substituents is 1. The van der Waals surface area contributed by atoms with Gasteiger partial charge in [0.2, 0.25) is 17.7 Å². The second kappa shape index (κ2) is 14.5. The number of alkyl halides is 3. The molecule has 6 atom stereocenters. The van der Waals surface area contributed by atoms with E-state index in [4.69, 9.17) is 27.6 Å². The van der Waals surface area contributed by atoms with Crippen molar-refractivity contribution >= 4 is 69.4 Å². The number of phenols is 1. The van der Waals surface area contributed by atoms with Gasteiger partial charge < -0.3 is 9.52 Å². The first-order chi connectivity index (χ1) is 30.1. The number of fused-ring (bicyclic) bond motifs is 5. The number of halogens is 5. The number of carbonyl (C=O) groups is 4. The lowest BCUT2D eigenvalue weighted by Crippen LogP contribution is -2.53. The van der Waals surface area contributed by atoms with Gasteiger partial charge in [0, 0.05) is 22.7 Å². The number of imide groups is 2. The highest BCUT2D eigenvalue weighted by Gasteiger charge is 2.70. The maximum absolute atomic E-state index is 15.5. The molecule has 318 valence electrons. The van der Waals surface area contributed by atoms with Gasteiger partial charge >= 0.3 is 6.18 Å². The van der Waals surface area contributed by atoms with Gasteiger partial charge in [-0.15, -0.1) is 0 Å². The van der Waals surface area contributed by atoms with E-state index >= 15 is 9.59 Å². The summed E-state index contributed by atoms with van der Waals surface area (Å²) in [5, 5.41) is 11.6. The Kier molecular flexibility index (Phi) is 9.35. The standard InChI is InChI=1S/C47H34Cl2F3N5O6/c1-22-17-25(18-23(2)39(22)58)38-30-15-16-31-37(44(61)56(42(31)59)29-13-7-24(8-14-29)41-54-35-5-3-4-6-36(35)63-41)32(30)20-33-43(60)57(45(62)46(33,38)26-9-11-28(48)12-10-26)55-40-34(49)19-27(21-53-40)47(50,51)52/h3-15,17-19,21,31-33,37-38,58H,16,20H2,1-2H3,(H,53,55). The van der Waals surface area contributed by atoms with Gasteiger partial charge in [-0.25, -0.2) is 9.97 Å². The summed E-state index contributed by atoms with van der Waals surface area (Å²) < 4.78 is 46.7. The predicted molar refractivity (Wildman–Crippen MR) is 226 cm³/mol. The highest BCUT2D eigenvalue weighted by Crippen LogP contribution is 2.64. The molecule has 16 heteroatoms. The van der Waals surface area contributed by atoms with E-state index in [0.717, 1.165) is 5.01 Å². The third-order valence-electron chi connectivity index (χ3n) is 13.1. The van der Waals surface area contributed by atoms with E-state index < -0.39 is 75.4 Å². The number of allylic oxidation sites excluding steroid dienone is 2. The number of amides is 4. The van der Waals surface area contributed by atoms with Crippen molar-refractivity contribution in [1.29, 1.82) is 0 Å². The summed E-state index contributed by atoms with van der Waals surface area (Å²) >= 11 is 12.7. The zero-order chi connectivity index (χ0) is 44.3. The van der Waals surface area contributed by atoms with Crippen molar-refractivity contribution in [3.8, 4) is 17.2 Å². The fourth-order valence-electron chi connectivity index (χ4n) is 10.3. The average Bonchev–Trinajstić information content (AvgIpc) is 3.87. The number of para-hydroxylation sites is 2. The number of hydrogen-bond donors (Lipinski definition) is 2. The lowest BCUT2D eigenvalue weighted by molar-refractivity contribution is -0.139. The second-order valence-corrected chi connectivity index (χ2v) is 17.3. The first kappa shape index (κ1) is 40.6. The fourth-order valence-corrected chi connectivity index (χ4v) is 10.7. The van der Waals surface area contributed by atoms with Crippen molar-refractivity contribution in [2.75, 3.05) is 10.3 Å². The molecule has 2 aliphatic carbocycles. The molecule has 4 heterocycles. The predicted octanol–water partition coefficient (Wildman–Crippen LogP) is 9.73. The molecule has 2 aliphatic heterocycles. The number of hydrogen-bond acceptors (Lipinski definition) is 9. The Morgan fingerprint density at radius 3 is 2.24 bits per heavy atom. The number of hydrazine groups is 1. The van der Waals surface area contributed by atoms with Gasteiger partial charge in [-0.2, -0.15) is 18.2 Å². The highest BCUT2D eigenvalue weighted by atomic mass is 35.5. The van der Waals surface area contributed by atoms with Crippen molar-refractivity contribution in [3.63, 3.8) is 0 Å². The van der Waals surface area contributed by atoms with Gasteiger partial charge in [0.05, 0.1) is 39.4 Å². The van der Waals surface area contributed by atoms with E-state index in [-0.39, 0.29) is 24.4 Å². The molecule has 6 aromatic rings. The number of carbonyl (C=O) groups excluding carboxylic acids is 4. The van der Waals surface area contributed by atoms with Gasteiger partial charge in [0.25, 0.3) is 11.8 Å². The molecule has 1 saturated carbocycles. The minimum absolute atomic E-state index is 0.0374. The Hall–Kier alpha value is -6.51. The topological polar surface area (TPSA) is 146 Å². The molecule has 10 rings (SSSR count). The molecule has 4 amide bonds. The van der Waals surface area contributed by atoms with E-state index in [2.05, 4.69) is 15.4 Å². The quantitative estimate of drug-likeness (QED) is 0.123. The van der Waals surface area contributed by atoms with Crippen molar-refractivity contribution in [1.82, 2.24) is 15.0 Å². The van der Waals surface area contributed by atoms with Gasteiger partial charge in [0.15, 0.2) is 11.4 Å². The maximum Gasteiger partial charge on any atom is 0.417 e. The largest absolute Gasteiger partial charge is 0.507 e. The van der Waals surface area contributed by atoms with Crippen LogP contribution in [-0.2, 0) is 30.8 Å². The molecule has 0 radical (unpaired) electrons. The number of nitrogens with one attached hydrogen (secondary N) is 1. The first-order valence-electron chi connectivity index (χ1n) is 20.1. The van der Waals surface area contributed by atoms with Gasteiger partial charge in [0.1, 0.15) is 11.3 Å². The van der Waals surface area contributed by atoms with Gasteiger partial charge in [-0.3, -0.25) is 29.5 Å². The van der Waals surface area contributed by atoms with Crippen LogP contribution in [0.3, 0.4) is 0 Å². The Balaban J connectivity index is 1.09. The summed E-state index contributed by atoms with van der Waals surface area (Å²) in [7, 11) is 0. The molecular weight excluding hydrogens is 858 g/mol. The minimum Gasteiger partial charge on any atom is -0.507 e. The number of rotatable bonds is 6. The summed E-state index contributed by atoms with van der Waals surface area (Å²) in [6, 6.07) is 24.7. The molecule has 11 nitrogen and oxygen atoms in total. The van der Waals surface area contributed by atoms with Crippen LogP contribution in [-0.4, -0.2) is 43.7 Å². The zero-order valence-electron chi connectivity index (χ0n) is 33.3. The second-order valence-electron chi connectivity index (χ2n) is 16.5. The molecule has 63 heavy (non-hydrogen) atoms.